The molecule has 2 aromatic heterocycles. The number of carbonyl (C=O) groups is 3. The largest absolute Gasteiger partial charge is 0.481 e. The van der Waals surface area contributed by atoms with Crippen LogP contribution >= 0.6 is 11.3 Å². The molecule has 0 aliphatic carbocycles. The third-order valence-electron chi connectivity index (χ3n) is 6.32. The molecule has 11 nitrogen and oxygen atoms in total. The van der Waals surface area contributed by atoms with Crippen LogP contribution < -0.4 is 10.0 Å². The summed E-state index contributed by atoms with van der Waals surface area (Å²) in [6, 6.07) is 14.9. The van der Waals surface area contributed by atoms with Gasteiger partial charge in [0.25, 0.3) is 15.9 Å². The predicted molar refractivity (Wildman–Crippen MR) is 161 cm³/mol. The summed E-state index contributed by atoms with van der Waals surface area (Å²) < 4.78 is 27.3. The number of thiazole rings is 1. The van der Waals surface area contributed by atoms with Crippen LogP contribution in [0.25, 0.3) is 11.3 Å². The molecule has 0 saturated heterocycles. The Morgan fingerprint density at radius 1 is 1.00 bits per heavy atom. The van der Waals surface area contributed by atoms with Crippen molar-refractivity contribution in [2.75, 3.05) is 0 Å². The fourth-order valence-electron chi connectivity index (χ4n) is 4.49. The standard InChI is InChI=1S/C30H31N5O6S2/c1-3-9-24-26(42-30(34-24)29(39)33-21(16-28(37)38)14-20-10-5-4-6-11-20)15-22-17-32-25(18-31-22)23-12-7-8-13-27(23)43(40,41)35-19(2)36/h4-8,10-13,17-18,21H,3,9,14-16H2,1-2H3,(H,33,39)(H,35,36)(H,37,38). The summed E-state index contributed by atoms with van der Waals surface area (Å²) in [6.45, 7) is 3.13. The number of amides is 2. The Bertz CT molecular complexity index is 1710. The van der Waals surface area contributed by atoms with Crippen molar-refractivity contribution < 1.29 is 27.9 Å². The highest BCUT2D eigenvalue weighted by Gasteiger charge is 2.23. The van der Waals surface area contributed by atoms with Gasteiger partial charge in [0.2, 0.25) is 5.91 Å². The molecule has 0 bridgehead atoms. The van der Waals surface area contributed by atoms with Crippen molar-refractivity contribution in [1.29, 1.82) is 0 Å². The highest BCUT2D eigenvalue weighted by molar-refractivity contribution is 7.90. The van der Waals surface area contributed by atoms with E-state index in [-0.39, 0.29) is 16.3 Å². The molecule has 0 radical (unpaired) electrons. The van der Waals surface area contributed by atoms with Gasteiger partial charge in [0.1, 0.15) is 0 Å². The molecule has 4 rings (SSSR count). The summed E-state index contributed by atoms with van der Waals surface area (Å²) in [7, 11) is -4.09. The number of carboxylic acids is 1. The smallest absolute Gasteiger partial charge is 0.305 e. The molecule has 0 saturated carbocycles. The Balaban J connectivity index is 1.53. The first kappa shape index (κ1) is 31.4. The molecule has 0 aliphatic heterocycles. The van der Waals surface area contributed by atoms with E-state index in [1.807, 2.05) is 42.0 Å². The quantitative estimate of drug-likeness (QED) is 0.201. The molecule has 2 amide bonds. The van der Waals surface area contributed by atoms with E-state index in [4.69, 9.17) is 0 Å². The zero-order valence-electron chi connectivity index (χ0n) is 23.6. The van der Waals surface area contributed by atoms with Gasteiger partial charge in [-0.05, 0) is 24.5 Å². The van der Waals surface area contributed by atoms with Gasteiger partial charge < -0.3 is 10.4 Å². The lowest BCUT2D eigenvalue weighted by Gasteiger charge is -2.16. The second-order valence-electron chi connectivity index (χ2n) is 9.82. The molecule has 0 spiro atoms. The van der Waals surface area contributed by atoms with E-state index >= 15 is 0 Å². The normalized spacial score (nSPS) is 12.0. The SMILES string of the molecule is CCCc1nc(C(=O)NC(CC(=O)O)Cc2ccccc2)sc1Cc1cnc(-c2ccccc2S(=O)(=O)NC(C)=O)cn1. The molecule has 13 heteroatoms. The van der Waals surface area contributed by atoms with E-state index in [0.29, 0.717) is 36.2 Å². The lowest BCUT2D eigenvalue weighted by molar-refractivity contribution is -0.137. The van der Waals surface area contributed by atoms with Crippen LogP contribution in [0.15, 0.2) is 71.9 Å². The Kier molecular flexibility index (Phi) is 10.3. The molecule has 43 heavy (non-hydrogen) atoms. The summed E-state index contributed by atoms with van der Waals surface area (Å²) in [5.41, 5.74) is 2.87. The second kappa shape index (κ2) is 14.1. The highest BCUT2D eigenvalue weighted by atomic mass is 32.2. The maximum absolute atomic E-state index is 13.2. The van der Waals surface area contributed by atoms with Crippen molar-refractivity contribution in [3.63, 3.8) is 0 Å². The van der Waals surface area contributed by atoms with E-state index in [2.05, 4.69) is 20.3 Å². The van der Waals surface area contributed by atoms with Gasteiger partial charge in [-0.25, -0.2) is 18.1 Å². The number of aromatic nitrogens is 3. The van der Waals surface area contributed by atoms with Crippen LogP contribution in [0.4, 0.5) is 0 Å². The minimum Gasteiger partial charge on any atom is -0.481 e. The van der Waals surface area contributed by atoms with Gasteiger partial charge in [-0.3, -0.25) is 24.4 Å². The van der Waals surface area contributed by atoms with Crippen LogP contribution in [0.1, 0.15) is 58.3 Å². The van der Waals surface area contributed by atoms with Gasteiger partial charge in [-0.2, -0.15) is 0 Å². The molecule has 4 aromatic rings. The molecule has 2 aromatic carbocycles. The summed E-state index contributed by atoms with van der Waals surface area (Å²) in [6.07, 6.45) is 4.94. The van der Waals surface area contributed by atoms with Crippen LogP contribution in [0.5, 0.6) is 0 Å². The Labute approximate surface area is 253 Å². The summed E-state index contributed by atoms with van der Waals surface area (Å²) >= 11 is 1.22. The number of nitrogens with zero attached hydrogens (tertiary/aromatic N) is 3. The number of hydrogen-bond donors (Lipinski definition) is 3. The molecular formula is C30H31N5O6S2. The monoisotopic (exact) mass is 621 g/mol. The molecular weight excluding hydrogens is 590 g/mol. The first-order valence-electron chi connectivity index (χ1n) is 13.5. The zero-order chi connectivity index (χ0) is 31.0. The average Bonchev–Trinajstić information content (AvgIpc) is 3.35. The number of sulfonamides is 1. The van der Waals surface area contributed by atoms with Crippen molar-refractivity contribution >= 4 is 39.1 Å². The Morgan fingerprint density at radius 2 is 1.72 bits per heavy atom. The van der Waals surface area contributed by atoms with Gasteiger partial charge in [0.05, 0.1) is 34.6 Å². The number of hydrogen-bond acceptors (Lipinski definition) is 9. The van der Waals surface area contributed by atoms with Crippen LogP contribution in [0.2, 0.25) is 0 Å². The lowest BCUT2D eigenvalue weighted by Crippen LogP contribution is -2.38. The molecule has 2 heterocycles. The van der Waals surface area contributed by atoms with E-state index in [9.17, 15) is 27.9 Å². The molecule has 0 aliphatic rings. The minimum atomic E-state index is -4.09. The number of nitrogens with one attached hydrogen (secondary N) is 2. The van der Waals surface area contributed by atoms with E-state index in [0.717, 1.165) is 29.5 Å². The van der Waals surface area contributed by atoms with Gasteiger partial charge in [-0.1, -0.05) is 61.9 Å². The maximum atomic E-state index is 13.2. The third-order valence-corrected chi connectivity index (χ3v) is 8.91. The van der Waals surface area contributed by atoms with Gasteiger partial charge in [0.15, 0.2) is 5.01 Å². The maximum Gasteiger partial charge on any atom is 0.305 e. The zero-order valence-corrected chi connectivity index (χ0v) is 25.2. The second-order valence-corrected chi connectivity index (χ2v) is 12.6. The third kappa shape index (κ3) is 8.52. The minimum absolute atomic E-state index is 0.0935. The number of aryl methyl sites for hydroxylation is 1. The molecule has 224 valence electrons. The van der Waals surface area contributed by atoms with Crippen LogP contribution in [-0.4, -0.2) is 52.3 Å². The Hall–Kier alpha value is -4.49. The predicted octanol–water partition coefficient (Wildman–Crippen LogP) is 3.78. The topological polar surface area (TPSA) is 168 Å². The van der Waals surface area contributed by atoms with Gasteiger partial charge in [0, 0.05) is 36.0 Å². The number of benzene rings is 2. The van der Waals surface area contributed by atoms with Crippen molar-refractivity contribution in [3.05, 3.63) is 93.8 Å². The van der Waals surface area contributed by atoms with Crippen molar-refractivity contribution in [2.24, 2.45) is 0 Å². The number of aliphatic carboxylic acids is 1. The van der Waals surface area contributed by atoms with E-state index in [1.54, 1.807) is 18.2 Å². The summed E-state index contributed by atoms with van der Waals surface area (Å²) in [5.74, 6) is -2.15. The summed E-state index contributed by atoms with van der Waals surface area (Å²) in [4.78, 5) is 50.3. The first-order chi connectivity index (χ1) is 20.6. The van der Waals surface area contributed by atoms with Crippen LogP contribution in [0, 0.1) is 0 Å². The fourth-order valence-corrected chi connectivity index (χ4v) is 6.72. The van der Waals surface area contributed by atoms with Crippen molar-refractivity contribution in [1.82, 2.24) is 25.0 Å². The van der Waals surface area contributed by atoms with Gasteiger partial charge in [-0.15, -0.1) is 11.3 Å². The molecule has 1 atom stereocenters. The Morgan fingerprint density at radius 3 is 2.37 bits per heavy atom. The van der Waals surface area contributed by atoms with Crippen molar-refractivity contribution in [3.8, 4) is 11.3 Å². The van der Waals surface area contributed by atoms with Gasteiger partial charge >= 0.3 is 5.97 Å². The molecule has 0 fully saturated rings. The number of carbonyl (C=O) groups excluding carboxylic acids is 2. The number of rotatable bonds is 13. The lowest BCUT2D eigenvalue weighted by atomic mass is 10.0. The molecule has 3 N–H and O–H groups in total. The van der Waals surface area contributed by atoms with E-state index in [1.165, 1.54) is 29.8 Å². The van der Waals surface area contributed by atoms with E-state index < -0.39 is 33.8 Å². The molecule has 1 unspecified atom stereocenters. The van der Waals surface area contributed by atoms with Crippen LogP contribution in [-0.2, 0) is 38.9 Å². The van der Waals surface area contributed by atoms with Crippen LogP contribution in [0.3, 0.4) is 0 Å². The summed E-state index contributed by atoms with van der Waals surface area (Å²) in [5, 5.41) is 12.5. The van der Waals surface area contributed by atoms with Crippen molar-refractivity contribution in [2.45, 2.75) is 56.9 Å². The average molecular weight is 622 g/mol. The highest BCUT2D eigenvalue weighted by Crippen LogP contribution is 2.27. The number of carboxylic acid groups (broad SMARTS) is 1. The fraction of sp³-hybridized carbons (Fsp3) is 0.267. The first-order valence-corrected chi connectivity index (χ1v) is 15.8.